The molecule has 28 heavy (non-hydrogen) atoms. The summed E-state index contributed by atoms with van der Waals surface area (Å²) >= 11 is 0. The first kappa shape index (κ1) is 18.8. The van der Waals surface area contributed by atoms with Gasteiger partial charge in [-0.2, -0.15) is 0 Å². The van der Waals surface area contributed by atoms with Crippen molar-refractivity contribution in [1.82, 2.24) is 9.47 Å². The molecule has 0 N–H and O–H groups in total. The number of ether oxygens (including phenoxy) is 1. The van der Waals surface area contributed by atoms with Gasteiger partial charge in [-0.25, -0.2) is 4.99 Å². The molecule has 2 heterocycles. The van der Waals surface area contributed by atoms with Crippen LogP contribution in [0.5, 0.6) is 0 Å². The molecule has 2 aromatic rings. The summed E-state index contributed by atoms with van der Waals surface area (Å²) in [6.45, 7) is 6.85. The third-order valence-electron chi connectivity index (χ3n) is 5.69. The SMILES string of the molecule is CCN1C(=O)C(=Cc2cn(C(C)C)c3ccccc23)OC1=NC1CCCCC1. The van der Waals surface area contributed by atoms with Crippen LogP contribution < -0.4 is 0 Å². The van der Waals surface area contributed by atoms with Gasteiger partial charge in [0.15, 0.2) is 5.76 Å². The zero-order valence-electron chi connectivity index (χ0n) is 17.0. The van der Waals surface area contributed by atoms with E-state index in [9.17, 15) is 4.79 Å². The second kappa shape index (κ2) is 7.82. The summed E-state index contributed by atoms with van der Waals surface area (Å²) in [6.07, 6.45) is 9.84. The third-order valence-corrected chi connectivity index (χ3v) is 5.69. The lowest BCUT2D eigenvalue weighted by Gasteiger charge is -2.19. The van der Waals surface area contributed by atoms with Crippen molar-refractivity contribution < 1.29 is 9.53 Å². The molecule has 1 aromatic carbocycles. The first-order valence-electron chi connectivity index (χ1n) is 10.5. The van der Waals surface area contributed by atoms with Crippen molar-refractivity contribution >= 4 is 28.9 Å². The molecule has 148 valence electrons. The third kappa shape index (κ3) is 3.46. The molecule has 0 atom stereocenters. The molecule has 0 unspecified atom stereocenters. The zero-order chi connectivity index (χ0) is 19.7. The number of nitrogens with zero attached hydrogens (tertiary/aromatic N) is 3. The number of aromatic nitrogens is 1. The monoisotopic (exact) mass is 379 g/mol. The summed E-state index contributed by atoms with van der Waals surface area (Å²) in [6, 6.07) is 9.36. The molecule has 1 aromatic heterocycles. The summed E-state index contributed by atoms with van der Waals surface area (Å²) < 4.78 is 8.21. The number of hydrogen-bond acceptors (Lipinski definition) is 3. The van der Waals surface area contributed by atoms with Gasteiger partial charge in [0.25, 0.3) is 5.91 Å². The minimum absolute atomic E-state index is 0.0987. The van der Waals surface area contributed by atoms with Gasteiger partial charge in [-0.1, -0.05) is 37.5 Å². The van der Waals surface area contributed by atoms with E-state index in [-0.39, 0.29) is 11.9 Å². The number of para-hydroxylation sites is 1. The van der Waals surface area contributed by atoms with Crippen LogP contribution in [-0.2, 0) is 9.53 Å². The molecule has 4 rings (SSSR count). The highest BCUT2D eigenvalue weighted by atomic mass is 16.5. The number of likely N-dealkylation sites (N-methyl/N-ethyl adjacent to an activating group) is 1. The van der Waals surface area contributed by atoms with E-state index in [1.807, 2.05) is 25.1 Å². The van der Waals surface area contributed by atoms with E-state index in [2.05, 4.69) is 36.7 Å². The van der Waals surface area contributed by atoms with E-state index in [0.29, 0.717) is 24.4 Å². The number of amidine groups is 1. The Morgan fingerprint density at radius 3 is 2.68 bits per heavy atom. The minimum atomic E-state index is -0.0987. The van der Waals surface area contributed by atoms with Crippen molar-refractivity contribution in [2.24, 2.45) is 4.99 Å². The normalized spacial score (nSPS) is 21.4. The fraction of sp³-hybridized carbons (Fsp3) is 0.478. The Balaban J connectivity index is 1.69. The van der Waals surface area contributed by atoms with Gasteiger partial charge in [-0.05, 0) is 45.8 Å². The van der Waals surface area contributed by atoms with E-state index in [1.165, 1.54) is 24.8 Å². The highest BCUT2D eigenvalue weighted by molar-refractivity contribution is 6.12. The number of carbonyl (C=O) groups is 1. The van der Waals surface area contributed by atoms with Crippen molar-refractivity contribution in [2.45, 2.75) is 65.0 Å². The van der Waals surface area contributed by atoms with E-state index >= 15 is 0 Å². The Hall–Kier alpha value is -2.56. The van der Waals surface area contributed by atoms with Crippen molar-refractivity contribution in [2.75, 3.05) is 6.54 Å². The number of hydrogen-bond donors (Lipinski definition) is 0. The Labute approximate surface area is 166 Å². The van der Waals surface area contributed by atoms with E-state index in [1.54, 1.807) is 4.90 Å². The van der Waals surface area contributed by atoms with Gasteiger partial charge >= 0.3 is 6.02 Å². The maximum Gasteiger partial charge on any atom is 0.300 e. The molecule has 1 aliphatic heterocycles. The molecule has 1 saturated carbocycles. The lowest BCUT2D eigenvalue weighted by Crippen LogP contribution is -2.30. The van der Waals surface area contributed by atoms with Crippen LogP contribution in [0.2, 0.25) is 0 Å². The number of aliphatic imine (C=N–C) groups is 1. The van der Waals surface area contributed by atoms with Crippen molar-refractivity contribution in [1.29, 1.82) is 0 Å². The van der Waals surface area contributed by atoms with Gasteiger partial charge < -0.3 is 9.30 Å². The van der Waals surface area contributed by atoms with Crippen molar-refractivity contribution in [3.8, 4) is 0 Å². The van der Waals surface area contributed by atoms with Crippen LogP contribution in [0.1, 0.15) is 64.5 Å². The molecule has 2 fully saturated rings. The van der Waals surface area contributed by atoms with Crippen molar-refractivity contribution in [3.05, 3.63) is 41.8 Å². The highest BCUT2D eigenvalue weighted by Gasteiger charge is 2.34. The topological polar surface area (TPSA) is 46.8 Å². The Bertz CT molecular complexity index is 932. The molecular formula is C23H29N3O2. The van der Waals surface area contributed by atoms with Gasteiger partial charge in [0.05, 0.1) is 6.04 Å². The van der Waals surface area contributed by atoms with Crippen LogP contribution in [0.4, 0.5) is 0 Å². The molecule has 0 spiro atoms. The van der Waals surface area contributed by atoms with Crippen molar-refractivity contribution in [3.63, 3.8) is 0 Å². The Kier molecular flexibility index (Phi) is 5.25. The summed E-state index contributed by atoms with van der Waals surface area (Å²) in [7, 11) is 0. The largest absolute Gasteiger partial charge is 0.420 e. The molecule has 0 bridgehead atoms. The van der Waals surface area contributed by atoms with Crippen LogP contribution in [0, 0.1) is 0 Å². The predicted molar refractivity (Wildman–Crippen MR) is 113 cm³/mol. The van der Waals surface area contributed by atoms with Gasteiger partial charge in [-0.3, -0.25) is 9.69 Å². The second-order valence-corrected chi connectivity index (χ2v) is 7.97. The van der Waals surface area contributed by atoms with Crippen LogP contribution >= 0.6 is 0 Å². The maximum absolute atomic E-state index is 12.9. The zero-order valence-corrected chi connectivity index (χ0v) is 17.0. The van der Waals surface area contributed by atoms with Gasteiger partial charge in [0, 0.05) is 35.2 Å². The fourth-order valence-corrected chi connectivity index (χ4v) is 4.16. The van der Waals surface area contributed by atoms with E-state index in [4.69, 9.17) is 9.73 Å². The minimum Gasteiger partial charge on any atom is -0.420 e. The van der Waals surface area contributed by atoms with Crippen LogP contribution in [0.3, 0.4) is 0 Å². The number of carbonyl (C=O) groups excluding carboxylic acids is 1. The molecular weight excluding hydrogens is 350 g/mol. The summed E-state index contributed by atoms with van der Waals surface area (Å²) in [5, 5.41) is 1.13. The first-order valence-corrected chi connectivity index (χ1v) is 10.5. The lowest BCUT2D eigenvalue weighted by molar-refractivity contribution is -0.122. The van der Waals surface area contributed by atoms with Crippen LogP contribution in [-0.4, -0.2) is 34.0 Å². The average Bonchev–Trinajstić information content (AvgIpc) is 3.21. The standard InChI is InChI=1S/C23H29N3O2/c1-4-25-22(27)21(28-23(25)24-18-10-6-5-7-11-18)14-17-15-26(16(2)3)20-13-9-8-12-19(17)20/h8-9,12-16,18H,4-7,10-11H2,1-3H3. The Morgan fingerprint density at radius 2 is 1.96 bits per heavy atom. The molecule has 2 aliphatic rings. The maximum atomic E-state index is 12.9. The van der Waals surface area contributed by atoms with Gasteiger partial charge in [0.2, 0.25) is 0 Å². The molecule has 5 heteroatoms. The molecule has 1 aliphatic carbocycles. The summed E-state index contributed by atoms with van der Waals surface area (Å²) in [5.41, 5.74) is 2.17. The fourth-order valence-electron chi connectivity index (χ4n) is 4.16. The quantitative estimate of drug-likeness (QED) is 0.691. The smallest absolute Gasteiger partial charge is 0.300 e. The Morgan fingerprint density at radius 1 is 1.21 bits per heavy atom. The lowest BCUT2D eigenvalue weighted by atomic mass is 9.96. The predicted octanol–water partition coefficient (Wildman–Crippen LogP) is 5.13. The molecule has 5 nitrogen and oxygen atoms in total. The summed E-state index contributed by atoms with van der Waals surface area (Å²) in [4.78, 5) is 19.3. The molecule has 1 amide bonds. The number of rotatable bonds is 4. The second-order valence-electron chi connectivity index (χ2n) is 7.97. The summed E-state index contributed by atoms with van der Waals surface area (Å²) in [5.74, 6) is 0.265. The van der Waals surface area contributed by atoms with Crippen LogP contribution in [0.25, 0.3) is 17.0 Å². The van der Waals surface area contributed by atoms with Gasteiger partial charge in [-0.15, -0.1) is 0 Å². The number of benzene rings is 1. The van der Waals surface area contributed by atoms with Crippen LogP contribution in [0.15, 0.2) is 41.2 Å². The van der Waals surface area contributed by atoms with E-state index < -0.39 is 0 Å². The molecule has 1 saturated heterocycles. The number of amides is 1. The average molecular weight is 380 g/mol. The highest BCUT2D eigenvalue weighted by Crippen LogP contribution is 2.29. The van der Waals surface area contributed by atoms with E-state index in [0.717, 1.165) is 23.8 Å². The molecule has 0 radical (unpaired) electrons. The number of fused-ring (bicyclic) bond motifs is 1. The first-order chi connectivity index (χ1) is 13.6. The van der Waals surface area contributed by atoms with Gasteiger partial charge in [0.1, 0.15) is 0 Å².